The predicted molar refractivity (Wildman–Crippen MR) is 138 cm³/mol. The standard InChI is InChI=1S/C28H38N2O2S/c1-4-26(28(32)29-25-11-6-5-7-12-25)30(18-24-10-8-9-22(3)17-24)27(31)20-33-19-23-15-13-21(2)14-16-23/h8-10,13-17,25-26H,4-7,11-12,18-20H2,1-3H3,(H,29,32)/t26-/m1/s1. The van der Waals surface area contributed by atoms with E-state index >= 15 is 0 Å². The minimum absolute atomic E-state index is 0.00561. The number of thioether (sulfide) groups is 1. The summed E-state index contributed by atoms with van der Waals surface area (Å²) in [6.07, 6.45) is 6.28. The first-order valence-electron chi connectivity index (χ1n) is 12.2. The molecule has 1 N–H and O–H groups in total. The quantitative estimate of drug-likeness (QED) is 0.482. The molecule has 178 valence electrons. The van der Waals surface area contributed by atoms with Crippen molar-refractivity contribution in [1.82, 2.24) is 10.2 Å². The lowest BCUT2D eigenvalue weighted by molar-refractivity contribution is -0.139. The van der Waals surface area contributed by atoms with Gasteiger partial charge >= 0.3 is 0 Å². The van der Waals surface area contributed by atoms with Crippen LogP contribution in [0.2, 0.25) is 0 Å². The van der Waals surface area contributed by atoms with Crippen molar-refractivity contribution in [3.05, 3.63) is 70.8 Å². The lowest BCUT2D eigenvalue weighted by atomic mass is 9.95. The van der Waals surface area contributed by atoms with Crippen LogP contribution in [0.3, 0.4) is 0 Å². The van der Waals surface area contributed by atoms with Crippen molar-refractivity contribution >= 4 is 23.6 Å². The zero-order chi connectivity index (χ0) is 23.6. The highest BCUT2D eigenvalue weighted by molar-refractivity contribution is 7.99. The van der Waals surface area contributed by atoms with Gasteiger partial charge in [-0.3, -0.25) is 9.59 Å². The summed E-state index contributed by atoms with van der Waals surface area (Å²) in [7, 11) is 0. The zero-order valence-electron chi connectivity index (χ0n) is 20.3. The molecule has 1 aliphatic rings. The molecule has 0 aliphatic heterocycles. The maximum Gasteiger partial charge on any atom is 0.243 e. The van der Waals surface area contributed by atoms with Crippen LogP contribution in [0.1, 0.15) is 67.7 Å². The van der Waals surface area contributed by atoms with Gasteiger partial charge in [-0.25, -0.2) is 0 Å². The second-order valence-corrected chi connectivity index (χ2v) is 10.2. The van der Waals surface area contributed by atoms with Gasteiger partial charge in [0.1, 0.15) is 6.04 Å². The number of carbonyl (C=O) groups is 2. The van der Waals surface area contributed by atoms with E-state index in [4.69, 9.17) is 0 Å². The van der Waals surface area contributed by atoms with E-state index in [2.05, 4.69) is 55.6 Å². The highest BCUT2D eigenvalue weighted by atomic mass is 32.2. The smallest absolute Gasteiger partial charge is 0.243 e. The molecule has 2 amide bonds. The van der Waals surface area contributed by atoms with Gasteiger partial charge in [-0.05, 0) is 44.2 Å². The number of nitrogens with zero attached hydrogens (tertiary/aromatic N) is 1. The number of carbonyl (C=O) groups excluding carboxylic acids is 2. The molecule has 0 bridgehead atoms. The maximum absolute atomic E-state index is 13.4. The van der Waals surface area contributed by atoms with Gasteiger partial charge in [0, 0.05) is 18.3 Å². The Morgan fingerprint density at radius 1 is 1.00 bits per heavy atom. The van der Waals surface area contributed by atoms with Gasteiger partial charge in [-0.1, -0.05) is 85.8 Å². The Balaban J connectivity index is 1.69. The molecule has 2 aromatic carbocycles. The monoisotopic (exact) mass is 466 g/mol. The van der Waals surface area contributed by atoms with E-state index in [9.17, 15) is 9.59 Å². The Bertz CT molecular complexity index is 906. The fourth-order valence-corrected chi connectivity index (χ4v) is 5.37. The fourth-order valence-electron chi connectivity index (χ4n) is 4.49. The molecule has 33 heavy (non-hydrogen) atoms. The highest BCUT2D eigenvalue weighted by Gasteiger charge is 2.30. The molecule has 0 saturated heterocycles. The molecule has 1 saturated carbocycles. The summed E-state index contributed by atoms with van der Waals surface area (Å²) in [5, 5.41) is 3.25. The molecule has 2 aromatic rings. The Morgan fingerprint density at radius 3 is 2.39 bits per heavy atom. The first kappa shape index (κ1) is 25.4. The van der Waals surface area contributed by atoms with Crippen molar-refractivity contribution in [1.29, 1.82) is 0 Å². The number of amides is 2. The Hall–Kier alpha value is -2.27. The molecule has 0 heterocycles. The summed E-state index contributed by atoms with van der Waals surface area (Å²) in [6.45, 7) is 6.59. The van der Waals surface area contributed by atoms with Crippen molar-refractivity contribution in [2.24, 2.45) is 0 Å². The molecular formula is C28H38N2O2S. The van der Waals surface area contributed by atoms with Crippen LogP contribution in [0.5, 0.6) is 0 Å². The molecule has 1 aliphatic carbocycles. The van der Waals surface area contributed by atoms with Gasteiger partial charge in [0.25, 0.3) is 0 Å². The lowest BCUT2D eigenvalue weighted by Gasteiger charge is -2.33. The highest BCUT2D eigenvalue weighted by Crippen LogP contribution is 2.20. The summed E-state index contributed by atoms with van der Waals surface area (Å²) >= 11 is 1.61. The maximum atomic E-state index is 13.4. The van der Waals surface area contributed by atoms with E-state index in [1.165, 1.54) is 30.4 Å². The molecule has 0 spiro atoms. The van der Waals surface area contributed by atoms with E-state index in [1.54, 1.807) is 16.7 Å². The van der Waals surface area contributed by atoms with Crippen LogP contribution in [-0.4, -0.2) is 34.6 Å². The van der Waals surface area contributed by atoms with E-state index in [1.807, 2.05) is 19.1 Å². The fraction of sp³-hybridized carbons (Fsp3) is 0.500. The van der Waals surface area contributed by atoms with Crippen LogP contribution in [0.25, 0.3) is 0 Å². The number of aryl methyl sites for hydroxylation is 2. The summed E-state index contributed by atoms with van der Waals surface area (Å²) in [6, 6.07) is 16.4. The molecule has 1 atom stereocenters. The average molecular weight is 467 g/mol. The van der Waals surface area contributed by atoms with Gasteiger partial charge in [-0.15, -0.1) is 11.8 Å². The van der Waals surface area contributed by atoms with E-state index in [0.717, 1.165) is 29.7 Å². The third kappa shape index (κ3) is 7.92. The zero-order valence-corrected chi connectivity index (χ0v) is 21.1. The number of hydrogen-bond donors (Lipinski definition) is 1. The van der Waals surface area contributed by atoms with Crippen molar-refractivity contribution in [2.75, 3.05) is 5.75 Å². The van der Waals surface area contributed by atoms with Crippen LogP contribution >= 0.6 is 11.8 Å². The van der Waals surface area contributed by atoms with Crippen molar-refractivity contribution < 1.29 is 9.59 Å². The average Bonchev–Trinajstić information content (AvgIpc) is 2.81. The van der Waals surface area contributed by atoms with Crippen LogP contribution < -0.4 is 5.32 Å². The Kier molecular flexibility index (Phi) is 9.86. The SMILES string of the molecule is CC[C@H](C(=O)NC1CCCCC1)N(Cc1cccc(C)c1)C(=O)CSCc1ccc(C)cc1. The molecule has 5 heteroatoms. The molecule has 1 fully saturated rings. The van der Waals surface area contributed by atoms with Crippen molar-refractivity contribution in [3.63, 3.8) is 0 Å². The molecule has 4 nitrogen and oxygen atoms in total. The van der Waals surface area contributed by atoms with E-state index < -0.39 is 6.04 Å². The summed E-state index contributed by atoms with van der Waals surface area (Å²) < 4.78 is 0. The second kappa shape index (κ2) is 12.8. The summed E-state index contributed by atoms with van der Waals surface area (Å²) in [4.78, 5) is 28.5. The second-order valence-electron chi connectivity index (χ2n) is 9.26. The molecule has 0 unspecified atom stereocenters. The summed E-state index contributed by atoms with van der Waals surface area (Å²) in [5.74, 6) is 1.18. The first-order chi connectivity index (χ1) is 16.0. The Morgan fingerprint density at radius 2 is 1.73 bits per heavy atom. The van der Waals surface area contributed by atoms with Gasteiger partial charge in [0.05, 0.1) is 5.75 Å². The topological polar surface area (TPSA) is 49.4 Å². The molecular weight excluding hydrogens is 428 g/mol. The molecule has 3 rings (SSSR count). The van der Waals surface area contributed by atoms with Crippen LogP contribution in [0, 0.1) is 13.8 Å². The minimum Gasteiger partial charge on any atom is -0.352 e. The normalized spacial score (nSPS) is 15.1. The van der Waals surface area contributed by atoms with Gasteiger partial charge in [0.15, 0.2) is 0 Å². The van der Waals surface area contributed by atoms with Crippen molar-refractivity contribution in [2.45, 2.75) is 83.7 Å². The predicted octanol–water partition coefficient (Wildman–Crippen LogP) is 5.79. The van der Waals surface area contributed by atoms with E-state index in [0.29, 0.717) is 18.7 Å². The van der Waals surface area contributed by atoms with Crippen LogP contribution in [-0.2, 0) is 21.9 Å². The lowest BCUT2D eigenvalue weighted by Crippen LogP contribution is -2.52. The van der Waals surface area contributed by atoms with Crippen molar-refractivity contribution in [3.8, 4) is 0 Å². The third-order valence-corrected chi connectivity index (χ3v) is 7.38. The first-order valence-corrected chi connectivity index (χ1v) is 13.4. The summed E-state index contributed by atoms with van der Waals surface area (Å²) in [5.41, 5.74) is 4.67. The van der Waals surface area contributed by atoms with Gasteiger partial charge < -0.3 is 10.2 Å². The van der Waals surface area contributed by atoms with Gasteiger partial charge in [0.2, 0.25) is 11.8 Å². The number of hydrogen-bond acceptors (Lipinski definition) is 3. The number of rotatable bonds is 10. The minimum atomic E-state index is -0.445. The molecule has 0 radical (unpaired) electrons. The molecule has 0 aromatic heterocycles. The number of benzene rings is 2. The van der Waals surface area contributed by atoms with Gasteiger partial charge in [-0.2, -0.15) is 0 Å². The number of nitrogens with one attached hydrogen (secondary N) is 1. The van der Waals surface area contributed by atoms with Crippen LogP contribution in [0.15, 0.2) is 48.5 Å². The largest absolute Gasteiger partial charge is 0.352 e. The van der Waals surface area contributed by atoms with E-state index in [-0.39, 0.29) is 17.9 Å². The van der Waals surface area contributed by atoms with Crippen LogP contribution in [0.4, 0.5) is 0 Å². The Labute approximate surface area is 203 Å². The third-order valence-electron chi connectivity index (χ3n) is 6.39.